The van der Waals surface area contributed by atoms with Crippen molar-refractivity contribution in [3.8, 4) is 5.75 Å². The topological polar surface area (TPSA) is 24.5 Å². The summed E-state index contributed by atoms with van der Waals surface area (Å²) in [4.78, 5) is 2.19. The van der Waals surface area contributed by atoms with Crippen LogP contribution in [0.1, 0.15) is 37.5 Å². The lowest BCUT2D eigenvalue weighted by Gasteiger charge is -2.29. The Labute approximate surface area is 161 Å². The fraction of sp³-hybridized carbons (Fsp3) is 0.304. The standard InChI is InChI=1S/C23H27FN2O/c1-23(2,3)21-15-20(26-13-5-12-25-16-26)14-18(22(21)27-4)9-6-17-7-10-19(24)11-8-17/h5-11,13-15,25H,12,16H2,1-4H3/b9-6+. The lowest BCUT2D eigenvalue weighted by molar-refractivity contribution is 0.396. The van der Waals surface area contributed by atoms with Crippen LogP contribution in [0, 0.1) is 5.82 Å². The average molecular weight is 366 g/mol. The number of hydrogen-bond acceptors (Lipinski definition) is 3. The van der Waals surface area contributed by atoms with Gasteiger partial charge in [-0.05, 0) is 35.2 Å². The number of benzene rings is 2. The van der Waals surface area contributed by atoms with Crippen molar-refractivity contribution in [1.29, 1.82) is 0 Å². The second-order valence-electron chi connectivity index (χ2n) is 7.72. The van der Waals surface area contributed by atoms with E-state index >= 15 is 0 Å². The zero-order chi connectivity index (χ0) is 19.4. The molecule has 1 aliphatic rings. The average Bonchev–Trinajstić information content (AvgIpc) is 2.66. The third-order valence-corrected chi connectivity index (χ3v) is 4.60. The molecule has 1 aliphatic heterocycles. The maximum Gasteiger partial charge on any atom is 0.129 e. The maximum absolute atomic E-state index is 13.1. The molecule has 1 N–H and O–H groups in total. The van der Waals surface area contributed by atoms with Crippen LogP contribution in [0.25, 0.3) is 12.2 Å². The van der Waals surface area contributed by atoms with Crippen molar-refractivity contribution in [2.75, 3.05) is 25.2 Å². The Balaban J connectivity index is 2.07. The number of halogens is 1. The van der Waals surface area contributed by atoms with Gasteiger partial charge < -0.3 is 9.64 Å². The number of ether oxygens (including phenoxy) is 1. The van der Waals surface area contributed by atoms with Gasteiger partial charge in [0.05, 0.1) is 13.8 Å². The molecule has 1 heterocycles. The van der Waals surface area contributed by atoms with Crippen LogP contribution in [0.3, 0.4) is 0 Å². The van der Waals surface area contributed by atoms with Gasteiger partial charge in [-0.1, -0.05) is 51.1 Å². The first-order chi connectivity index (χ1) is 12.9. The van der Waals surface area contributed by atoms with Crippen molar-refractivity contribution in [1.82, 2.24) is 5.32 Å². The summed E-state index contributed by atoms with van der Waals surface area (Å²) in [6.45, 7) is 8.22. The predicted molar refractivity (Wildman–Crippen MR) is 112 cm³/mol. The Morgan fingerprint density at radius 1 is 1.11 bits per heavy atom. The minimum Gasteiger partial charge on any atom is -0.496 e. The van der Waals surface area contributed by atoms with Gasteiger partial charge in [-0.15, -0.1) is 0 Å². The summed E-state index contributed by atoms with van der Waals surface area (Å²) in [5, 5.41) is 3.36. The Hall–Kier alpha value is -2.59. The van der Waals surface area contributed by atoms with E-state index in [4.69, 9.17) is 4.74 Å². The first-order valence-electron chi connectivity index (χ1n) is 9.18. The van der Waals surface area contributed by atoms with Gasteiger partial charge in [-0.2, -0.15) is 0 Å². The van der Waals surface area contributed by atoms with Gasteiger partial charge in [0.25, 0.3) is 0 Å². The summed E-state index contributed by atoms with van der Waals surface area (Å²) in [7, 11) is 1.71. The zero-order valence-corrected chi connectivity index (χ0v) is 16.4. The first kappa shape index (κ1) is 19.2. The van der Waals surface area contributed by atoms with Crippen LogP contribution >= 0.6 is 0 Å². The highest BCUT2D eigenvalue weighted by atomic mass is 19.1. The molecule has 2 aromatic carbocycles. The van der Waals surface area contributed by atoms with E-state index in [0.717, 1.165) is 41.3 Å². The molecule has 27 heavy (non-hydrogen) atoms. The van der Waals surface area contributed by atoms with E-state index in [2.05, 4.69) is 55.4 Å². The van der Waals surface area contributed by atoms with Crippen LogP contribution in [-0.4, -0.2) is 20.3 Å². The van der Waals surface area contributed by atoms with E-state index in [9.17, 15) is 4.39 Å². The highest BCUT2D eigenvalue weighted by Crippen LogP contribution is 2.38. The fourth-order valence-corrected chi connectivity index (χ4v) is 3.15. The molecule has 0 unspecified atom stereocenters. The molecule has 4 heteroatoms. The van der Waals surface area contributed by atoms with Crippen LogP contribution in [0.5, 0.6) is 5.75 Å². The van der Waals surface area contributed by atoms with Crippen LogP contribution in [0.2, 0.25) is 0 Å². The smallest absolute Gasteiger partial charge is 0.129 e. The van der Waals surface area contributed by atoms with Crippen LogP contribution in [-0.2, 0) is 5.41 Å². The minimum absolute atomic E-state index is 0.0627. The highest BCUT2D eigenvalue weighted by molar-refractivity contribution is 5.77. The van der Waals surface area contributed by atoms with Crippen LogP contribution in [0.4, 0.5) is 10.1 Å². The summed E-state index contributed by atoms with van der Waals surface area (Å²) in [6.07, 6.45) is 8.24. The fourth-order valence-electron chi connectivity index (χ4n) is 3.15. The molecule has 3 nitrogen and oxygen atoms in total. The van der Waals surface area contributed by atoms with E-state index in [1.807, 2.05) is 12.2 Å². The Bertz CT molecular complexity index is 848. The first-order valence-corrected chi connectivity index (χ1v) is 9.18. The summed E-state index contributed by atoms with van der Waals surface area (Å²) >= 11 is 0. The van der Waals surface area contributed by atoms with Crippen molar-refractivity contribution in [2.24, 2.45) is 0 Å². The maximum atomic E-state index is 13.1. The largest absolute Gasteiger partial charge is 0.496 e. The van der Waals surface area contributed by atoms with Crippen LogP contribution < -0.4 is 15.0 Å². The summed E-state index contributed by atoms with van der Waals surface area (Å²) < 4.78 is 18.9. The molecule has 2 aromatic rings. The number of nitrogens with one attached hydrogen (secondary N) is 1. The molecule has 0 saturated heterocycles. The minimum atomic E-state index is -0.230. The number of rotatable bonds is 4. The lowest BCUT2D eigenvalue weighted by atomic mass is 9.84. The Morgan fingerprint density at radius 2 is 1.85 bits per heavy atom. The number of hydrogen-bond donors (Lipinski definition) is 1. The second-order valence-corrected chi connectivity index (χ2v) is 7.72. The summed E-state index contributed by atoms with van der Waals surface area (Å²) in [6, 6.07) is 10.8. The van der Waals surface area contributed by atoms with Gasteiger partial charge in [-0.25, -0.2) is 4.39 Å². The van der Waals surface area contributed by atoms with Gasteiger partial charge in [0.1, 0.15) is 11.6 Å². The molecule has 0 aliphatic carbocycles. The van der Waals surface area contributed by atoms with E-state index in [1.165, 1.54) is 12.1 Å². The Morgan fingerprint density at radius 3 is 2.44 bits per heavy atom. The molecular formula is C23H27FN2O. The summed E-state index contributed by atoms with van der Waals surface area (Å²) in [5.41, 5.74) is 4.15. The van der Waals surface area contributed by atoms with Gasteiger partial charge in [0.15, 0.2) is 0 Å². The number of anilines is 1. The molecular weight excluding hydrogens is 339 g/mol. The van der Waals surface area contributed by atoms with E-state index in [-0.39, 0.29) is 11.2 Å². The van der Waals surface area contributed by atoms with E-state index < -0.39 is 0 Å². The molecule has 0 amide bonds. The van der Waals surface area contributed by atoms with Crippen molar-refractivity contribution < 1.29 is 9.13 Å². The Kier molecular flexibility index (Phi) is 5.66. The zero-order valence-electron chi connectivity index (χ0n) is 16.4. The van der Waals surface area contributed by atoms with Gasteiger partial charge >= 0.3 is 0 Å². The number of methoxy groups -OCH3 is 1. The van der Waals surface area contributed by atoms with E-state index in [0.29, 0.717) is 0 Å². The van der Waals surface area contributed by atoms with Gasteiger partial charge in [0, 0.05) is 29.6 Å². The van der Waals surface area contributed by atoms with E-state index in [1.54, 1.807) is 19.2 Å². The highest BCUT2D eigenvalue weighted by Gasteiger charge is 2.23. The second kappa shape index (κ2) is 7.97. The van der Waals surface area contributed by atoms with Crippen molar-refractivity contribution in [2.45, 2.75) is 26.2 Å². The van der Waals surface area contributed by atoms with Crippen LogP contribution in [0.15, 0.2) is 48.7 Å². The SMILES string of the molecule is COc1c(/C=C/c2ccc(F)cc2)cc(N2C=CCNC2)cc1C(C)(C)C. The normalized spacial score (nSPS) is 14.8. The summed E-state index contributed by atoms with van der Waals surface area (Å²) in [5.74, 6) is 0.643. The van der Waals surface area contributed by atoms with Crippen molar-refractivity contribution in [3.05, 3.63) is 71.2 Å². The van der Waals surface area contributed by atoms with Crippen molar-refractivity contribution >= 4 is 17.8 Å². The lowest BCUT2D eigenvalue weighted by Crippen LogP contribution is -2.34. The monoisotopic (exact) mass is 366 g/mol. The molecule has 142 valence electrons. The third-order valence-electron chi connectivity index (χ3n) is 4.60. The number of nitrogens with zero attached hydrogens (tertiary/aromatic N) is 1. The molecule has 3 rings (SSSR count). The molecule has 0 spiro atoms. The van der Waals surface area contributed by atoms with Crippen molar-refractivity contribution in [3.63, 3.8) is 0 Å². The third kappa shape index (κ3) is 4.58. The van der Waals surface area contributed by atoms with Gasteiger partial charge in [0.2, 0.25) is 0 Å². The van der Waals surface area contributed by atoms with Gasteiger partial charge in [-0.3, -0.25) is 5.32 Å². The molecule has 0 fully saturated rings. The molecule has 0 atom stereocenters. The molecule has 0 bridgehead atoms. The predicted octanol–water partition coefficient (Wildman–Crippen LogP) is 5.18. The molecule has 0 aromatic heterocycles. The molecule has 0 saturated carbocycles. The molecule has 0 radical (unpaired) electrons. The quantitative estimate of drug-likeness (QED) is 0.754.